The zero-order valence-electron chi connectivity index (χ0n) is 11.9. The van der Waals surface area contributed by atoms with Gasteiger partial charge in [-0.2, -0.15) is 0 Å². The van der Waals surface area contributed by atoms with Crippen molar-refractivity contribution in [2.75, 3.05) is 6.61 Å². The van der Waals surface area contributed by atoms with E-state index in [-0.39, 0.29) is 24.1 Å². The lowest BCUT2D eigenvalue weighted by atomic mass is 10.2. The Morgan fingerprint density at radius 1 is 1.52 bits per heavy atom. The maximum atomic E-state index is 11.1. The number of aryl methyl sites for hydroxylation is 1. The fraction of sp³-hybridized carbons (Fsp3) is 0.462. The van der Waals surface area contributed by atoms with Gasteiger partial charge in [0.2, 0.25) is 0 Å². The topological polar surface area (TPSA) is 102 Å². The van der Waals surface area contributed by atoms with Crippen molar-refractivity contribution >= 4 is 27.6 Å². The number of carboxylic acids is 1. The maximum Gasteiger partial charge on any atom is 0.324 e. The van der Waals surface area contributed by atoms with Crippen LogP contribution in [0.4, 0.5) is 5.69 Å². The van der Waals surface area contributed by atoms with E-state index in [1.54, 1.807) is 13.0 Å². The van der Waals surface area contributed by atoms with Crippen LogP contribution < -0.4 is 10.1 Å². The van der Waals surface area contributed by atoms with Crippen LogP contribution in [0, 0.1) is 17.0 Å². The van der Waals surface area contributed by atoms with Crippen LogP contribution in [-0.2, 0) is 4.79 Å². The molecule has 0 amide bonds. The molecular weight excluding hydrogens is 344 g/mol. The largest absolute Gasteiger partial charge is 0.484 e. The Hall–Kier alpha value is -1.67. The standard InChI is InChI=1S/C13H17BrN2O5/c1-7(2)15-10(13(17)18)6-21-12-8(3)4-9(14)5-11(12)16(19)20/h4-5,7,10,15H,6H2,1-3H3,(H,17,18). The zero-order chi connectivity index (χ0) is 16.2. The van der Waals surface area contributed by atoms with E-state index >= 15 is 0 Å². The summed E-state index contributed by atoms with van der Waals surface area (Å²) in [6, 6.07) is 2.02. The molecule has 1 aromatic carbocycles. The predicted molar refractivity (Wildman–Crippen MR) is 80.7 cm³/mol. The first kappa shape index (κ1) is 17.4. The smallest absolute Gasteiger partial charge is 0.324 e. The summed E-state index contributed by atoms with van der Waals surface area (Å²) in [4.78, 5) is 21.6. The van der Waals surface area contributed by atoms with Gasteiger partial charge in [-0.3, -0.25) is 20.2 Å². The molecule has 1 aromatic rings. The molecule has 2 N–H and O–H groups in total. The highest BCUT2D eigenvalue weighted by Crippen LogP contribution is 2.34. The quantitative estimate of drug-likeness (QED) is 0.572. The number of halogens is 1. The van der Waals surface area contributed by atoms with Crippen LogP contribution in [0.25, 0.3) is 0 Å². The maximum absolute atomic E-state index is 11.1. The number of hydrogen-bond acceptors (Lipinski definition) is 5. The van der Waals surface area contributed by atoms with E-state index in [1.807, 2.05) is 13.8 Å². The Labute approximate surface area is 130 Å². The number of ether oxygens (including phenoxy) is 1. The lowest BCUT2D eigenvalue weighted by Crippen LogP contribution is -2.44. The van der Waals surface area contributed by atoms with Crippen LogP contribution >= 0.6 is 15.9 Å². The third kappa shape index (κ3) is 4.98. The van der Waals surface area contributed by atoms with E-state index in [4.69, 9.17) is 9.84 Å². The number of nitro benzene ring substituents is 1. The summed E-state index contributed by atoms with van der Waals surface area (Å²) in [5, 5.41) is 23.0. The highest BCUT2D eigenvalue weighted by atomic mass is 79.9. The summed E-state index contributed by atoms with van der Waals surface area (Å²) >= 11 is 3.18. The van der Waals surface area contributed by atoms with Gasteiger partial charge in [-0.15, -0.1) is 0 Å². The van der Waals surface area contributed by atoms with Crippen molar-refractivity contribution in [1.82, 2.24) is 5.32 Å². The molecule has 0 bridgehead atoms. The molecule has 0 aliphatic heterocycles. The van der Waals surface area contributed by atoms with Gasteiger partial charge in [-0.1, -0.05) is 29.8 Å². The fourth-order valence-corrected chi connectivity index (χ4v) is 2.36. The molecule has 0 aliphatic rings. The Kier molecular flexibility index (Phi) is 6.10. The molecule has 0 radical (unpaired) electrons. The Morgan fingerprint density at radius 3 is 2.62 bits per heavy atom. The summed E-state index contributed by atoms with van der Waals surface area (Å²) in [6.45, 7) is 5.09. The Bertz CT molecular complexity index is 548. The van der Waals surface area contributed by atoms with Crippen molar-refractivity contribution in [2.24, 2.45) is 0 Å². The molecule has 0 fully saturated rings. The molecule has 7 nitrogen and oxygen atoms in total. The number of aliphatic carboxylic acids is 1. The SMILES string of the molecule is Cc1cc(Br)cc([N+](=O)[O-])c1OCC(NC(C)C)C(=O)O. The van der Waals surface area contributed by atoms with E-state index in [9.17, 15) is 14.9 Å². The molecule has 0 saturated heterocycles. The molecule has 0 aromatic heterocycles. The van der Waals surface area contributed by atoms with Crippen molar-refractivity contribution in [1.29, 1.82) is 0 Å². The van der Waals surface area contributed by atoms with Crippen LogP contribution in [0.3, 0.4) is 0 Å². The molecule has 0 aliphatic carbocycles. The van der Waals surface area contributed by atoms with Crippen LogP contribution in [-0.4, -0.2) is 34.7 Å². The fourth-order valence-electron chi connectivity index (χ4n) is 1.80. The third-order valence-electron chi connectivity index (χ3n) is 2.64. The first-order valence-corrected chi connectivity index (χ1v) is 7.07. The summed E-state index contributed by atoms with van der Waals surface area (Å²) in [7, 11) is 0. The highest BCUT2D eigenvalue weighted by Gasteiger charge is 2.23. The van der Waals surface area contributed by atoms with Crippen molar-refractivity contribution in [3.05, 3.63) is 32.3 Å². The summed E-state index contributed by atoms with van der Waals surface area (Å²) in [5.74, 6) is -0.985. The molecule has 21 heavy (non-hydrogen) atoms. The molecule has 0 spiro atoms. The number of nitrogens with one attached hydrogen (secondary N) is 1. The average Bonchev–Trinajstić information content (AvgIpc) is 2.34. The molecule has 1 unspecified atom stereocenters. The van der Waals surface area contributed by atoms with Crippen LogP contribution in [0.1, 0.15) is 19.4 Å². The minimum absolute atomic E-state index is 0.0456. The second kappa shape index (κ2) is 7.37. The van der Waals surface area contributed by atoms with Crippen molar-refractivity contribution in [3.63, 3.8) is 0 Å². The Balaban J connectivity index is 2.96. The summed E-state index contributed by atoms with van der Waals surface area (Å²) in [5.41, 5.74) is 0.361. The van der Waals surface area contributed by atoms with Gasteiger partial charge in [0.05, 0.1) is 4.92 Å². The number of nitrogens with zero attached hydrogens (tertiary/aromatic N) is 1. The third-order valence-corrected chi connectivity index (χ3v) is 3.10. The van der Waals surface area contributed by atoms with Crippen molar-refractivity contribution < 1.29 is 19.6 Å². The molecule has 1 atom stereocenters. The van der Waals surface area contributed by atoms with Gasteiger partial charge in [0.1, 0.15) is 12.6 Å². The minimum Gasteiger partial charge on any atom is -0.484 e. The number of carboxylic acid groups (broad SMARTS) is 1. The number of hydrogen-bond donors (Lipinski definition) is 2. The molecule has 8 heteroatoms. The monoisotopic (exact) mass is 360 g/mol. The molecular formula is C13H17BrN2O5. The highest BCUT2D eigenvalue weighted by molar-refractivity contribution is 9.10. The number of carbonyl (C=O) groups is 1. The van der Waals surface area contributed by atoms with Gasteiger partial charge in [0.15, 0.2) is 5.75 Å². The normalized spacial score (nSPS) is 12.2. The van der Waals surface area contributed by atoms with Crippen LogP contribution in [0.15, 0.2) is 16.6 Å². The average molecular weight is 361 g/mol. The van der Waals surface area contributed by atoms with E-state index in [2.05, 4.69) is 21.2 Å². The van der Waals surface area contributed by atoms with Gasteiger partial charge in [0.25, 0.3) is 0 Å². The van der Waals surface area contributed by atoms with Crippen molar-refractivity contribution in [3.8, 4) is 5.75 Å². The van der Waals surface area contributed by atoms with E-state index < -0.39 is 16.9 Å². The Morgan fingerprint density at radius 2 is 2.14 bits per heavy atom. The van der Waals surface area contributed by atoms with E-state index in [1.165, 1.54) is 6.07 Å². The number of nitro groups is 1. The van der Waals surface area contributed by atoms with E-state index in [0.717, 1.165) is 0 Å². The van der Waals surface area contributed by atoms with Crippen LogP contribution in [0.2, 0.25) is 0 Å². The molecule has 116 valence electrons. The lowest BCUT2D eigenvalue weighted by molar-refractivity contribution is -0.386. The van der Waals surface area contributed by atoms with Gasteiger partial charge in [0, 0.05) is 16.6 Å². The molecule has 0 saturated carbocycles. The van der Waals surface area contributed by atoms with Crippen molar-refractivity contribution in [2.45, 2.75) is 32.9 Å². The molecule has 0 heterocycles. The van der Waals surface area contributed by atoms with Gasteiger partial charge >= 0.3 is 11.7 Å². The van der Waals surface area contributed by atoms with Gasteiger partial charge in [-0.05, 0) is 18.6 Å². The molecule has 1 rings (SSSR count). The second-order valence-electron chi connectivity index (χ2n) is 4.85. The predicted octanol–water partition coefficient (Wildman–Crippen LogP) is 2.50. The van der Waals surface area contributed by atoms with Gasteiger partial charge < -0.3 is 9.84 Å². The minimum atomic E-state index is -1.07. The van der Waals surface area contributed by atoms with Crippen LogP contribution in [0.5, 0.6) is 5.75 Å². The number of rotatable bonds is 7. The first-order chi connectivity index (χ1) is 9.72. The van der Waals surface area contributed by atoms with Gasteiger partial charge in [-0.25, -0.2) is 0 Å². The first-order valence-electron chi connectivity index (χ1n) is 6.28. The summed E-state index contributed by atoms with van der Waals surface area (Å²) < 4.78 is 5.97. The number of benzene rings is 1. The second-order valence-corrected chi connectivity index (χ2v) is 5.77. The summed E-state index contributed by atoms with van der Waals surface area (Å²) in [6.07, 6.45) is 0. The lowest BCUT2D eigenvalue weighted by Gasteiger charge is -2.18. The van der Waals surface area contributed by atoms with E-state index in [0.29, 0.717) is 10.0 Å². The zero-order valence-corrected chi connectivity index (χ0v) is 13.5.